The van der Waals surface area contributed by atoms with Crippen LogP contribution in [0.5, 0.6) is 11.5 Å². The number of piperidine rings is 1. The van der Waals surface area contributed by atoms with Crippen molar-refractivity contribution in [1.82, 2.24) is 4.90 Å². The maximum absolute atomic E-state index is 12.6. The molecule has 0 aromatic heterocycles. The second-order valence-corrected chi connectivity index (χ2v) is 13.9. The van der Waals surface area contributed by atoms with E-state index in [1.54, 1.807) is 7.11 Å². The van der Waals surface area contributed by atoms with Crippen LogP contribution in [0.3, 0.4) is 0 Å². The number of rotatable bonds is 5. The third-order valence-corrected chi connectivity index (χ3v) is 12.5. The van der Waals surface area contributed by atoms with Crippen molar-refractivity contribution >= 4 is 11.6 Å². The van der Waals surface area contributed by atoms with Crippen LogP contribution in [0.25, 0.3) is 0 Å². The van der Waals surface area contributed by atoms with Crippen molar-refractivity contribution in [2.45, 2.75) is 87.6 Å². The molecule has 4 fully saturated rings. The third-order valence-electron chi connectivity index (χ3n) is 12.3. The van der Waals surface area contributed by atoms with Gasteiger partial charge >= 0.3 is 0 Å². The first-order valence-corrected chi connectivity index (χ1v) is 14.9. The predicted octanol–water partition coefficient (Wildman–Crippen LogP) is 5.57. The van der Waals surface area contributed by atoms with Crippen LogP contribution in [-0.2, 0) is 22.2 Å². The molecule has 3 saturated carbocycles. The zero-order chi connectivity index (χ0) is 26.3. The zero-order valence-electron chi connectivity index (χ0n) is 22.6. The van der Waals surface area contributed by atoms with Crippen LogP contribution in [-0.4, -0.2) is 53.1 Å². The Morgan fingerprint density at radius 2 is 2.00 bits per heavy atom. The van der Waals surface area contributed by atoms with Gasteiger partial charge in [-0.3, -0.25) is 4.90 Å². The summed E-state index contributed by atoms with van der Waals surface area (Å²) in [6, 6.07) is 12.1. The topological polar surface area (TPSA) is 62.2 Å². The average Bonchev–Trinajstić information content (AvgIpc) is 3.78. The van der Waals surface area contributed by atoms with Crippen LogP contribution in [0.15, 0.2) is 36.4 Å². The molecule has 2 aliphatic heterocycles. The Morgan fingerprint density at radius 3 is 2.71 bits per heavy atom. The molecule has 6 aliphatic rings. The number of benzene rings is 2. The van der Waals surface area contributed by atoms with Gasteiger partial charge in [-0.2, -0.15) is 0 Å². The summed E-state index contributed by atoms with van der Waals surface area (Å²) in [5.74, 6) is 1.70. The number of phenols is 1. The Morgan fingerprint density at radius 1 is 1.18 bits per heavy atom. The summed E-state index contributed by atoms with van der Waals surface area (Å²) < 4.78 is 13.7. The van der Waals surface area contributed by atoms with Crippen molar-refractivity contribution in [3.8, 4) is 11.5 Å². The Balaban J connectivity index is 1.37. The van der Waals surface area contributed by atoms with Crippen molar-refractivity contribution < 1.29 is 19.7 Å². The minimum absolute atomic E-state index is 0.142. The molecule has 7 atom stereocenters. The molecule has 1 unspecified atom stereocenters. The van der Waals surface area contributed by atoms with Gasteiger partial charge in [0.05, 0.1) is 5.60 Å². The lowest BCUT2D eigenvalue weighted by molar-refractivity contribution is -0.256. The van der Waals surface area contributed by atoms with E-state index in [2.05, 4.69) is 24.8 Å². The summed E-state index contributed by atoms with van der Waals surface area (Å²) in [5, 5.41) is 24.3. The minimum Gasteiger partial charge on any atom is -0.504 e. The molecule has 2 bridgehead atoms. The van der Waals surface area contributed by atoms with Gasteiger partial charge in [-0.15, -0.1) is 0 Å². The zero-order valence-corrected chi connectivity index (χ0v) is 23.4. The van der Waals surface area contributed by atoms with Crippen LogP contribution in [0.2, 0.25) is 5.02 Å². The standard InChI is InChI=1S/C32H38ClNO4/c1-4-32(37-3)27-30-12-13-34(16-19-8-9-19)24(14-20-10-11-23(35)26(38-27)25(20)30)28(30,2)17-29(32)18-31(29,36)21-6-5-7-22(33)15-21/h5-7,10-11,15,19,24,27,35-36H,4,8-9,12-14,16-18H2,1-3H3/t24-,27-,28-,29?,30+,31-,32+/m1/s1. The minimum atomic E-state index is -1.05. The number of nitrogens with zero attached hydrogens (tertiary/aromatic N) is 1. The van der Waals surface area contributed by atoms with Gasteiger partial charge in [0.15, 0.2) is 11.5 Å². The fourth-order valence-electron chi connectivity index (χ4n) is 10.4. The molecule has 38 heavy (non-hydrogen) atoms. The molecular weight excluding hydrogens is 498 g/mol. The second kappa shape index (κ2) is 7.28. The number of likely N-dealkylation sites (tertiary alicyclic amines) is 1. The SMILES string of the molecule is CC[C@]1(OC)[C@@H]2Oc3c(O)ccc4c3[C@@]23CCN(CC2CC2)[C@H](C4)[C@@]3(C)CC12C[C@@]2(O)c1cccc(Cl)c1. The highest BCUT2D eigenvalue weighted by atomic mass is 35.5. The molecule has 202 valence electrons. The normalized spacial score (nSPS) is 44.1. The summed E-state index contributed by atoms with van der Waals surface area (Å²) in [6.45, 7) is 6.86. The van der Waals surface area contributed by atoms with Crippen molar-refractivity contribution in [3.63, 3.8) is 0 Å². The van der Waals surface area contributed by atoms with E-state index in [0.29, 0.717) is 23.2 Å². The highest BCUT2D eigenvalue weighted by molar-refractivity contribution is 6.30. The van der Waals surface area contributed by atoms with Gasteiger partial charge in [0.25, 0.3) is 0 Å². The fourth-order valence-corrected chi connectivity index (χ4v) is 10.6. The molecule has 8 rings (SSSR count). The van der Waals surface area contributed by atoms with Crippen LogP contribution < -0.4 is 4.74 Å². The molecule has 2 spiro atoms. The summed E-state index contributed by atoms with van der Waals surface area (Å²) in [4.78, 5) is 2.77. The molecule has 0 amide bonds. The van der Waals surface area contributed by atoms with Gasteiger partial charge in [0.2, 0.25) is 0 Å². The summed E-state index contributed by atoms with van der Waals surface area (Å²) in [5.41, 5.74) is 0.718. The number of aromatic hydroxyl groups is 1. The average molecular weight is 536 g/mol. The quantitative estimate of drug-likeness (QED) is 0.524. The highest BCUT2D eigenvalue weighted by Gasteiger charge is 2.88. The van der Waals surface area contributed by atoms with Gasteiger partial charge in [0.1, 0.15) is 11.7 Å². The number of methoxy groups -OCH3 is 1. The van der Waals surface area contributed by atoms with E-state index in [9.17, 15) is 10.2 Å². The molecule has 6 heteroatoms. The summed E-state index contributed by atoms with van der Waals surface area (Å²) in [6.07, 6.45) is 6.53. The van der Waals surface area contributed by atoms with E-state index in [1.807, 2.05) is 30.3 Å². The molecule has 0 radical (unpaired) electrons. The summed E-state index contributed by atoms with van der Waals surface area (Å²) in [7, 11) is 1.80. The number of hydrogen-bond acceptors (Lipinski definition) is 5. The smallest absolute Gasteiger partial charge is 0.165 e. The predicted molar refractivity (Wildman–Crippen MR) is 146 cm³/mol. The van der Waals surface area contributed by atoms with E-state index in [4.69, 9.17) is 21.1 Å². The van der Waals surface area contributed by atoms with E-state index in [0.717, 1.165) is 50.3 Å². The molecular formula is C32H38ClNO4. The summed E-state index contributed by atoms with van der Waals surface area (Å²) >= 11 is 6.45. The fraction of sp³-hybridized carbons (Fsp3) is 0.625. The van der Waals surface area contributed by atoms with Crippen molar-refractivity contribution in [1.29, 1.82) is 0 Å². The monoisotopic (exact) mass is 535 g/mol. The number of phenolic OH excluding ortho intramolecular Hbond substituents is 1. The van der Waals surface area contributed by atoms with Gasteiger partial charge in [0, 0.05) is 41.1 Å². The Bertz CT molecular complexity index is 1350. The highest BCUT2D eigenvalue weighted by Crippen LogP contribution is 2.83. The largest absolute Gasteiger partial charge is 0.504 e. The first-order valence-electron chi connectivity index (χ1n) is 14.5. The lowest BCUT2D eigenvalue weighted by Crippen LogP contribution is -2.78. The van der Waals surface area contributed by atoms with Gasteiger partial charge in [-0.05, 0) is 92.1 Å². The lowest BCUT2D eigenvalue weighted by atomic mass is 9.39. The van der Waals surface area contributed by atoms with Gasteiger partial charge < -0.3 is 19.7 Å². The molecule has 2 heterocycles. The number of aliphatic hydroxyl groups is 1. The Kier molecular flexibility index (Phi) is 4.61. The van der Waals surface area contributed by atoms with Crippen LogP contribution >= 0.6 is 11.6 Å². The van der Waals surface area contributed by atoms with E-state index < -0.39 is 16.6 Å². The molecule has 1 saturated heterocycles. The van der Waals surface area contributed by atoms with Crippen molar-refractivity contribution in [2.24, 2.45) is 16.7 Å². The van der Waals surface area contributed by atoms with Crippen LogP contribution in [0, 0.1) is 16.7 Å². The van der Waals surface area contributed by atoms with Crippen molar-refractivity contribution in [3.05, 3.63) is 58.1 Å². The molecule has 4 aliphatic carbocycles. The molecule has 2 aromatic carbocycles. The van der Waals surface area contributed by atoms with Crippen molar-refractivity contribution in [2.75, 3.05) is 20.2 Å². The first kappa shape index (κ1) is 24.0. The van der Waals surface area contributed by atoms with Gasteiger partial charge in [-0.1, -0.05) is 43.6 Å². The maximum Gasteiger partial charge on any atom is 0.165 e. The Hall–Kier alpha value is -1.79. The van der Waals surface area contributed by atoms with E-state index in [-0.39, 0.29) is 22.7 Å². The van der Waals surface area contributed by atoms with Crippen LogP contribution in [0.4, 0.5) is 0 Å². The molecule has 2 N–H and O–H groups in total. The number of ether oxygens (including phenoxy) is 2. The van der Waals surface area contributed by atoms with Crippen LogP contribution in [0.1, 0.15) is 69.1 Å². The van der Waals surface area contributed by atoms with E-state index >= 15 is 0 Å². The van der Waals surface area contributed by atoms with Gasteiger partial charge in [-0.25, -0.2) is 0 Å². The number of hydrogen-bond donors (Lipinski definition) is 2. The number of halogens is 1. The third kappa shape index (κ3) is 2.49. The molecule has 5 nitrogen and oxygen atoms in total. The second-order valence-electron chi connectivity index (χ2n) is 13.5. The van der Waals surface area contributed by atoms with E-state index in [1.165, 1.54) is 24.0 Å². The lowest BCUT2D eigenvalue weighted by Gasteiger charge is -2.70. The Labute approximate surface area is 230 Å². The first-order chi connectivity index (χ1) is 18.2. The maximum atomic E-state index is 12.6. The molecule has 2 aromatic rings.